The van der Waals surface area contributed by atoms with Gasteiger partial charge in [0.1, 0.15) is 17.6 Å². The van der Waals surface area contributed by atoms with Crippen LogP contribution in [-0.2, 0) is 0 Å². The Hall–Kier alpha value is -3.14. The van der Waals surface area contributed by atoms with Crippen LogP contribution >= 0.6 is 0 Å². The Morgan fingerprint density at radius 2 is 1.97 bits per heavy atom. The van der Waals surface area contributed by atoms with Crippen molar-refractivity contribution in [2.75, 3.05) is 7.11 Å². The SMILES string of the molecule is COc1cc(OC2CCC(NC(=O)c3ccc(C(C)C)nn3)CC2)ccc1C#N.[HH]. The van der Waals surface area contributed by atoms with Gasteiger partial charge in [0, 0.05) is 13.5 Å². The maximum Gasteiger partial charge on any atom is 0.272 e. The number of nitriles is 1. The molecule has 0 radical (unpaired) electrons. The predicted molar refractivity (Wildman–Crippen MR) is 110 cm³/mol. The first-order valence-electron chi connectivity index (χ1n) is 9.89. The molecule has 0 bridgehead atoms. The van der Waals surface area contributed by atoms with Crippen LogP contribution in [0.4, 0.5) is 0 Å². The number of methoxy groups -OCH3 is 1. The summed E-state index contributed by atoms with van der Waals surface area (Å²) in [5.41, 5.74) is 1.70. The molecule has 1 fully saturated rings. The zero-order valence-corrected chi connectivity index (χ0v) is 17.0. The molecule has 1 saturated carbocycles. The normalized spacial score (nSPS) is 18.7. The molecule has 29 heavy (non-hydrogen) atoms. The minimum absolute atomic E-state index is 0. The first-order valence-corrected chi connectivity index (χ1v) is 9.89. The summed E-state index contributed by atoms with van der Waals surface area (Å²) in [5.74, 6) is 1.30. The van der Waals surface area contributed by atoms with Crippen LogP contribution in [0.3, 0.4) is 0 Å². The van der Waals surface area contributed by atoms with E-state index in [2.05, 4.69) is 21.6 Å². The van der Waals surface area contributed by atoms with Crippen LogP contribution in [0, 0.1) is 11.3 Å². The van der Waals surface area contributed by atoms with E-state index in [9.17, 15) is 4.79 Å². The lowest BCUT2D eigenvalue weighted by molar-refractivity contribution is 0.0887. The lowest BCUT2D eigenvalue weighted by Gasteiger charge is -2.29. The minimum Gasteiger partial charge on any atom is -0.495 e. The van der Waals surface area contributed by atoms with Gasteiger partial charge < -0.3 is 14.8 Å². The van der Waals surface area contributed by atoms with Gasteiger partial charge in [0.25, 0.3) is 5.91 Å². The third-order valence-electron chi connectivity index (χ3n) is 5.11. The first-order chi connectivity index (χ1) is 14.0. The average molecular weight is 396 g/mol. The number of carbonyl (C=O) groups excluding carboxylic acids is 1. The smallest absolute Gasteiger partial charge is 0.272 e. The van der Waals surface area contributed by atoms with Crippen molar-refractivity contribution in [3.05, 3.63) is 47.3 Å². The monoisotopic (exact) mass is 396 g/mol. The summed E-state index contributed by atoms with van der Waals surface area (Å²) in [6.07, 6.45) is 3.42. The molecule has 1 heterocycles. The molecule has 1 aromatic carbocycles. The van der Waals surface area contributed by atoms with Crippen LogP contribution in [0.2, 0.25) is 0 Å². The van der Waals surface area contributed by atoms with E-state index in [0.29, 0.717) is 22.8 Å². The van der Waals surface area contributed by atoms with Crippen molar-refractivity contribution >= 4 is 5.91 Å². The summed E-state index contributed by atoms with van der Waals surface area (Å²) in [4.78, 5) is 12.4. The number of carbonyl (C=O) groups is 1. The van der Waals surface area contributed by atoms with Gasteiger partial charge in [0.15, 0.2) is 5.69 Å². The standard InChI is InChI=1S/C22H26N4O3.H2/c1-14(2)19-10-11-20(26-25-19)22(27)24-16-5-8-17(9-6-16)29-18-7-4-15(13-23)21(12-18)28-3;/h4,7,10-12,14,16-17H,5-6,8-9H2,1-3H3,(H,24,27);1H. The number of hydrogen-bond acceptors (Lipinski definition) is 6. The van der Waals surface area contributed by atoms with Gasteiger partial charge in [-0.1, -0.05) is 13.8 Å². The number of aromatic nitrogens is 2. The Bertz CT molecular complexity index is 888. The molecule has 1 amide bonds. The van der Waals surface area contributed by atoms with Crippen LogP contribution in [-0.4, -0.2) is 35.4 Å². The zero-order valence-electron chi connectivity index (χ0n) is 17.0. The van der Waals surface area contributed by atoms with Gasteiger partial charge in [-0.2, -0.15) is 10.4 Å². The summed E-state index contributed by atoms with van der Waals surface area (Å²) in [5, 5.41) is 20.3. The van der Waals surface area contributed by atoms with Crippen molar-refractivity contribution in [3.8, 4) is 17.6 Å². The number of benzene rings is 1. The molecule has 1 N–H and O–H groups in total. The van der Waals surface area contributed by atoms with E-state index < -0.39 is 0 Å². The highest BCUT2D eigenvalue weighted by atomic mass is 16.5. The van der Waals surface area contributed by atoms with E-state index in [1.54, 1.807) is 24.3 Å². The molecule has 2 aromatic rings. The minimum atomic E-state index is -0.186. The topological polar surface area (TPSA) is 97.1 Å². The van der Waals surface area contributed by atoms with Crippen molar-refractivity contribution in [2.45, 2.75) is 57.6 Å². The summed E-state index contributed by atoms with van der Waals surface area (Å²) >= 11 is 0. The number of nitrogens with zero attached hydrogens (tertiary/aromatic N) is 3. The van der Waals surface area contributed by atoms with Gasteiger partial charge in [-0.25, -0.2) is 0 Å². The second kappa shape index (κ2) is 9.37. The molecule has 1 aliphatic carbocycles. The van der Waals surface area contributed by atoms with Gasteiger partial charge in [0.2, 0.25) is 0 Å². The molecule has 7 heteroatoms. The fraction of sp³-hybridized carbons (Fsp3) is 0.455. The van der Waals surface area contributed by atoms with Crippen molar-refractivity contribution < 1.29 is 15.7 Å². The van der Waals surface area contributed by atoms with Gasteiger partial charge in [0.05, 0.1) is 24.5 Å². The Labute approximate surface area is 172 Å². The number of nitrogens with one attached hydrogen (secondary N) is 1. The molecular formula is C22H28N4O3. The zero-order chi connectivity index (χ0) is 20.8. The molecule has 0 unspecified atom stereocenters. The fourth-order valence-corrected chi connectivity index (χ4v) is 3.39. The maximum absolute atomic E-state index is 12.4. The largest absolute Gasteiger partial charge is 0.495 e. The highest BCUT2D eigenvalue weighted by Gasteiger charge is 2.24. The van der Waals surface area contributed by atoms with E-state index in [-0.39, 0.29) is 25.4 Å². The number of hydrogen-bond donors (Lipinski definition) is 1. The summed E-state index contributed by atoms with van der Waals surface area (Å²) in [6.45, 7) is 4.08. The van der Waals surface area contributed by atoms with Crippen LogP contribution in [0.25, 0.3) is 0 Å². The molecule has 0 aliphatic heterocycles. The van der Waals surface area contributed by atoms with Crippen molar-refractivity contribution in [1.82, 2.24) is 15.5 Å². The highest BCUT2D eigenvalue weighted by Crippen LogP contribution is 2.28. The quantitative estimate of drug-likeness (QED) is 0.797. The molecule has 0 spiro atoms. The Morgan fingerprint density at radius 3 is 2.55 bits per heavy atom. The van der Waals surface area contributed by atoms with Crippen molar-refractivity contribution in [1.29, 1.82) is 5.26 Å². The fourth-order valence-electron chi connectivity index (χ4n) is 3.39. The van der Waals surface area contributed by atoms with Crippen molar-refractivity contribution in [3.63, 3.8) is 0 Å². The molecule has 0 saturated heterocycles. The Morgan fingerprint density at radius 1 is 1.21 bits per heavy atom. The average Bonchev–Trinajstić information content (AvgIpc) is 2.75. The van der Waals surface area contributed by atoms with Crippen LogP contribution in [0.1, 0.15) is 68.6 Å². The first kappa shape index (κ1) is 20.6. The van der Waals surface area contributed by atoms with E-state index in [4.69, 9.17) is 14.7 Å². The summed E-state index contributed by atoms with van der Waals surface area (Å²) in [7, 11) is 1.54. The Balaban J connectivity index is 0.00000320. The van der Waals surface area contributed by atoms with E-state index >= 15 is 0 Å². The molecule has 0 atom stereocenters. The predicted octanol–water partition coefficient (Wildman–Crippen LogP) is 3.85. The van der Waals surface area contributed by atoms with Gasteiger partial charge in [-0.05, 0) is 55.9 Å². The second-order valence-electron chi connectivity index (χ2n) is 7.54. The van der Waals surface area contributed by atoms with E-state index in [1.807, 2.05) is 19.9 Å². The van der Waals surface area contributed by atoms with Crippen LogP contribution < -0.4 is 14.8 Å². The number of rotatable bonds is 6. The van der Waals surface area contributed by atoms with Crippen LogP contribution in [0.15, 0.2) is 30.3 Å². The number of ether oxygens (including phenoxy) is 2. The lowest BCUT2D eigenvalue weighted by Crippen LogP contribution is -2.40. The summed E-state index contributed by atoms with van der Waals surface area (Å²) < 4.78 is 11.3. The van der Waals surface area contributed by atoms with Gasteiger partial charge in [-0.15, -0.1) is 5.10 Å². The lowest BCUT2D eigenvalue weighted by atomic mass is 9.92. The van der Waals surface area contributed by atoms with E-state index in [0.717, 1.165) is 31.4 Å². The van der Waals surface area contributed by atoms with Crippen LogP contribution in [0.5, 0.6) is 11.5 Å². The Kier molecular flexibility index (Phi) is 6.65. The van der Waals surface area contributed by atoms with Crippen molar-refractivity contribution in [2.24, 2.45) is 0 Å². The second-order valence-corrected chi connectivity index (χ2v) is 7.54. The molecule has 3 rings (SSSR count). The molecule has 1 aromatic heterocycles. The molecule has 7 nitrogen and oxygen atoms in total. The van der Waals surface area contributed by atoms with Gasteiger partial charge >= 0.3 is 0 Å². The number of amides is 1. The van der Waals surface area contributed by atoms with Gasteiger partial charge in [-0.3, -0.25) is 4.79 Å². The third-order valence-corrected chi connectivity index (χ3v) is 5.11. The molecular weight excluding hydrogens is 368 g/mol. The molecule has 154 valence electrons. The summed E-state index contributed by atoms with van der Waals surface area (Å²) in [6, 6.07) is 11.0. The third kappa shape index (κ3) is 5.23. The van der Waals surface area contributed by atoms with E-state index in [1.165, 1.54) is 7.11 Å². The maximum atomic E-state index is 12.4. The molecule has 1 aliphatic rings. The highest BCUT2D eigenvalue weighted by molar-refractivity contribution is 5.92.